The summed E-state index contributed by atoms with van der Waals surface area (Å²) in [6.07, 6.45) is 0.347. The number of nitrogens with zero attached hydrogens (tertiary/aromatic N) is 4. The number of unbranched alkanes of at least 4 members (excludes halogenated alkanes) is 2. The molecule has 1 fully saturated rings. The molecule has 0 bridgehead atoms. The fraction of sp³-hybridized carbons (Fsp3) is 0.680. The van der Waals surface area contributed by atoms with Crippen molar-refractivity contribution in [2.24, 2.45) is 0 Å². The molecule has 2 aromatic heterocycles. The number of carbonyl (C=O) groups is 3. The summed E-state index contributed by atoms with van der Waals surface area (Å²) in [7, 11) is -3.75. The average molecular weight is 600 g/mol. The second-order valence-corrected chi connectivity index (χ2v) is 12.3. The molecular weight excluding hydrogens is 560 g/mol. The minimum Gasteiger partial charge on any atom is -0.465 e. The van der Waals surface area contributed by atoms with Crippen LogP contribution in [0.25, 0.3) is 11.2 Å². The van der Waals surface area contributed by atoms with Crippen LogP contribution in [0.15, 0.2) is 12.7 Å². The fourth-order valence-corrected chi connectivity index (χ4v) is 6.57. The predicted octanol–water partition coefficient (Wildman–Crippen LogP) is 2.44. The molecule has 41 heavy (non-hydrogen) atoms. The highest BCUT2D eigenvalue weighted by molar-refractivity contribution is 7.59. The summed E-state index contributed by atoms with van der Waals surface area (Å²) in [5.41, 5.74) is 6.23. The summed E-state index contributed by atoms with van der Waals surface area (Å²) in [5, 5.41) is 5.50. The molecule has 1 aliphatic rings. The molecule has 5 atom stereocenters. The zero-order valence-corrected chi connectivity index (χ0v) is 24.6. The predicted molar refractivity (Wildman–Crippen MR) is 148 cm³/mol. The summed E-state index contributed by atoms with van der Waals surface area (Å²) in [6, 6.07) is -2.00. The van der Waals surface area contributed by atoms with Crippen LogP contribution in [0.1, 0.15) is 66.0 Å². The third-order valence-corrected chi connectivity index (χ3v) is 9.00. The van der Waals surface area contributed by atoms with Crippen molar-refractivity contribution in [1.82, 2.24) is 29.7 Å². The van der Waals surface area contributed by atoms with Crippen LogP contribution in [0.4, 0.5) is 10.2 Å². The number of nitrogens with one attached hydrogen (secondary N) is 2. The van der Waals surface area contributed by atoms with Crippen molar-refractivity contribution in [3.05, 3.63) is 12.7 Å². The van der Waals surface area contributed by atoms with E-state index in [4.69, 9.17) is 19.9 Å². The largest absolute Gasteiger partial charge is 0.465 e. The van der Waals surface area contributed by atoms with Gasteiger partial charge in [0.15, 0.2) is 23.5 Å². The number of rotatable bonds is 16. The standard InChI is InChI=1S/C25H39FN7O7P/c1-5-7-10-38-24(35)15(3)31-41(37,32-16(4)25(36)39-11-8-6-2)12-9-17-20(34)18(26)23(40-17)33-14-30-19-21(27)28-13-29-22(19)33/h13-18,23H,5-12H2,1-4H3,(H2,27,28,29)(H2,31,32,37)/t15-,16-,17+,18+,23+/m0/s1. The number of alkyl halides is 1. The van der Waals surface area contributed by atoms with Gasteiger partial charge in [-0.1, -0.05) is 26.7 Å². The van der Waals surface area contributed by atoms with Gasteiger partial charge in [0.1, 0.15) is 30.0 Å². The van der Waals surface area contributed by atoms with Crippen molar-refractivity contribution >= 4 is 42.1 Å². The lowest BCUT2D eigenvalue weighted by Crippen LogP contribution is -2.43. The lowest BCUT2D eigenvalue weighted by molar-refractivity contribution is -0.145. The smallest absolute Gasteiger partial charge is 0.323 e. The third-order valence-electron chi connectivity index (χ3n) is 6.51. The van der Waals surface area contributed by atoms with Gasteiger partial charge in [-0.15, -0.1) is 0 Å². The van der Waals surface area contributed by atoms with Crippen LogP contribution in [0, 0.1) is 0 Å². The molecule has 0 unspecified atom stereocenters. The van der Waals surface area contributed by atoms with Crippen molar-refractivity contribution in [2.45, 2.75) is 90.4 Å². The number of nitrogens with two attached hydrogens (primary N) is 1. The average Bonchev–Trinajstić information content (AvgIpc) is 3.49. The molecule has 0 amide bonds. The molecule has 0 spiro atoms. The second-order valence-electron chi connectivity index (χ2n) is 9.90. The lowest BCUT2D eigenvalue weighted by Gasteiger charge is -2.27. The highest BCUT2D eigenvalue weighted by Crippen LogP contribution is 2.41. The van der Waals surface area contributed by atoms with Crippen LogP contribution in [-0.2, 0) is 33.2 Å². The van der Waals surface area contributed by atoms with Gasteiger partial charge in [-0.3, -0.25) is 23.5 Å². The van der Waals surface area contributed by atoms with Crippen LogP contribution in [0.5, 0.6) is 0 Å². The second kappa shape index (κ2) is 14.8. The molecule has 0 saturated carbocycles. The molecule has 1 saturated heterocycles. The molecule has 3 heterocycles. The summed E-state index contributed by atoms with van der Waals surface area (Å²) in [4.78, 5) is 49.8. The number of carbonyl (C=O) groups excluding carboxylic acids is 3. The van der Waals surface area contributed by atoms with E-state index in [1.807, 2.05) is 13.8 Å². The number of hydrogen-bond donors (Lipinski definition) is 3. The first kappa shape index (κ1) is 32.5. The number of aromatic nitrogens is 4. The van der Waals surface area contributed by atoms with E-state index in [-0.39, 0.29) is 42.8 Å². The van der Waals surface area contributed by atoms with E-state index in [1.54, 1.807) is 0 Å². The number of imidazole rings is 1. The number of anilines is 1. The number of ether oxygens (including phenoxy) is 3. The van der Waals surface area contributed by atoms with Crippen LogP contribution in [0.2, 0.25) is 0 Å². The Morgan fingerprint density at radius 1 is 1.10 bits per heavy atom. The maximum absolute atomic E-state index is 15.1. The van der Waals surface area contributed by atoms with E-state index in [1.165, 1.54) is 31.1 Å². The molecule has 1 aliphatic heterocycles. The van der Waals surface area contributed by atoms with Crippen LogP contribution >= 0.6 is 7.44 Å². The Labute approximate surface area is 237 Å². The molecule has 3 rings (SSSR count). The first-order valence-electron chi connectivity index (χ1n) is 13.8. The Morgan fingerprint density at radius 2 is 1.68 bits per heavy atom. The molecule has 0 aliphatic carbocycles. The summed E-state index contributed by atoms with van der Waals surface area (Å²) in [5.74, 6) is -2.00. The van der Waals surface area contributed by atoms with Crippen molar-refractivity contribution in [1.29, 1.82) is 0 Å². The van der Waals surface area contributed by atoms with Gasteiger partial charge in [-0.2, -0.15) is 0 Å². The SMILES string of the molecule is CCCCOC(=O)[C@H](C)NP(=O)(CC[C@H]1O[C@@H](n2cnc3c(N)ncnc32)[C@H](F)C1=O)N[C@@H](C)C(=O)OCCCC. The minimum absolute atomic E-state index is 0.0906. The van der Waals surface area contributed by atoms with Gasteiger partial charge in [-0.25, -0.2) is 29.5 Å². The van der Waals surface area contributed by atoms with Gasteiger partial charge < -0.3 is 19.9 Å². The van der Waals surface area contributed by atoms with Gasteiger partial charge in [-0.05, 0) is 33.1 Å². The van der Waals surface area contributed by atoms with Gasteiger partial charge in [0.05, 0.1) is 19.5 Å². The monoisotopic (exact) mass is 599 g/mol. The normalized spacial score (nSPS) is 20.7. The van der Waals surface area contributed by atoms with E-state index < -0.39 is 55.8 Å². The number of fused-ring (bicyclic) bond motifs is 1. The number of hydrogen-bond acceptors (Lipinski definition) is 11. The van der Waals surface area contributed by atoms with Crippen molar-refractivity contribution < 1.29 is 37.5 Å². The molecule has 0 aromatic carbocycles. The maximum Gasteiger partial charge on any atom is 0.323 e. The Hall–Kier alpha value is -3.00. The maximum atomic E-state index is 15.1. The molecule has 14 nitrogen and oxygen atoms in total. The number of ketones is 1. The zero-order chi connectivity index (χ0) is 30.2. The molecule has 0 radical (unpaired) electrons. The van der Waals surface area contributed by atoms with Gasteiger partial charge >= 0.3 is 11.9 Å². The Morgan fingerprint density at radius 3 is 2.24 bits per heavy atom. The topological polar surface area (TPSA) is 190 Å². The lowest BCUT2D eigenvalue weighted by atomic mass is 10.1. The van der Waals surface area contributed by atoms with E-state index >= 15 is 4.39 Å². The van der Waals surface area contributed by atoms with Gasteiger partial charge in [0.2, 0.25) is 13.6 Å². The van der Waals surface area contributed by atoms with Crippen molar-refractivity contribution in [3.8, 4) is 0 Å². The van der Waals surface area contributed by atoms with Crippen molar-refractivity contribution in [2.75, 3.05) is 25.1 Å². The zero-order valence-electron chi connectivity index (χ0n) is 23.7. The Kier molecular flexibility index (Phi) is 11.7. The van der Waals surface area contributed by atoms with E-state index in [9.17, 15) is 18.9 Å². The highest BCUT2D eigenvalue weighted by Gasteiger charge is 2.46. The van der Waals surface area contributed by atoms with Crippen molar-refractivity contribution in [3.63, 3.8) is 0 Å². The minimum atomic E-state index is -3.75. The number of nitrogen functional groups attached to an aromatic ring is 1. The quantitative estimate of drug-likeness (QED) is 0.145. The number of halogens is 1. The third kappa shape index (κ3) is 8.28. The first-order chi connectivity index (χ1) is 19.5. The van der Waals surface area contributed by atoms with Crippen LogP contribution in [0.3, 0.4) is 0 Å². The van der Waals surface area contributed by atoms with Gasteiger partial charge in [0, 0.05) is 6.16 Å². The molecule has 228 valence electrons. The summed E-state index contributed by atoms with van der Waals surface area (Å²) >= 11 is 0. The van der Waals surface area contributed by atoms with Crippen LogP contribution in [-0.4, -0.2) is 81.0 Å². The van der Waals surface area contributed by atoms with E-state index in [2.05, 4.69) is 25.1 Å². The highest BCUT2D eigenvalue weighted by atomic mass is 31.2. The van der Waals surface area contributed by atoms with Crippen LogP contribution < -0.4 is 15.9 Å². The molecule has 2 aromatic rings. The number of esters is 2. The number of Topliss-reactive ketones (excluding diaryl/α,β-unsaturated/α-hetero) is 1. The van der Waals surface area contributed by atoms with E-state index in [0.717, 1.165) is 12.8 Å². The van der Waals surface area contributed by atoms with E-state index in [0.29, 0.717) is 12.8 Å². The first-order valence-corrected chi connectivity index (χ1v) is 15.6. The summed E-state index contributed by atoms with van der Waals surface area (Å²) in [6.45, 7) is 7.29. The summed E-state index contributed by atoms with van der Waals surface area (Å²) < 4.78 is 46.6. The molecule has 4 N–H and O–H groups in total. The van der Waals surface area contributed by atoms with Gasteiger partial charge in [0.25, 0.3) is 0 Å². The fourth-order valence-electron chi connectivity index (χ4n) is 4.18. The molecule has 16 heteroatoms. The molecular formula is C25H39FN7O7P. The Bertz CT molecular complexity index is 1230. The Balaban J connectivity index is 1.73.